The van der Waals surface area contributed by atoms with Crippen LogP contribution in [0.2, 0.25) is 10.2 Å². The number of benzene rings is 1. The van der Waals surface area contributed by atoms with Gasteiger partial charge in [-0.15, -0.1) is 0 Å². The van der Waals surface area contributed by atoms with Gasteiger partial charge in [0.1, 0.15) is 11.0 Å². The Morgan fingerprint density at radius 2 is 1.90 bits per heavy atom. The molecule has 4 rings (SSSR count). The zero-order chi connectivity index (χ0) is 21.0. The Labute approximate surface area is 192 Å². The standard InChI is InChI=1S/C21H25Cl2N5OS/c22-16-5-3-4-15(12-16)21(6-1-2-7-21)14-24-20(30)27-19-25-17(23)13-18(26-19)28-8-10-29-11-9-28/h3-5,12-13H,1-2,6-11,14H2,(H2,24,25,26,27,30). The first-order chi connectivity index (χ1) is 14.5. The van der Waals surface area contributed by atoms with Crippen molar-refractivity contribution in [3.8, 4) is 0 Å². The Bertz CT molecular complexity index is 901. The van der Waals surface area contributed by atoms with Crippen LogP contribution < -0.4 is 15.5 Å². The lowest BCUT2D eigenvalue weighted by Gasteiger charge is -2.31. The van der Waals surface area contributed by atoms with Crippen molar-refractivity contribution in [2.24, 2.45) is 0 Å². The maximum atomic E-state index is 6.25. The highest BCUT2D eigenvalue weighted by Crippen LogP contribution is 2.41. The van der Waals surface area contributed by atoms with Crippen LogP contribution >= 0.6 is 35.4 Å². The summed E-state index contributed by atoms with van der Waals surface area (Å²) in [6.07, 6.45) is 4.62. The predicted molar refractivity (Wildman–Crippen MR) is 126 cm³/mol. The summed E-state index contributed by atoms with van der Waals surface area (Å²) in [4.78, 5) is 11.0. The molecule has 2 N–H and O–H groups in total. The third kappa shape index (κ3) is 5.14. The number of ether oxygens (including phenoxy) is 1. The van der Waals surface area contributed by atoms with Crippen LogP contribution in [0.1, 0.15) is 31.2 Å². The molecule has 0 spiro atoms. The lowest BCUT2D eigenvalue weighted by molar-refractivity contribution is 0.122. The van der Waals surface area contributed by atoms with Crippen LogP contribution in [0.15, 0.2) is 30.3 Å². The van der Waals surface area contributed by atoms with E-state index in [1.807, 2.05) is 12.1 Å². The first-order valence-corrected chi connectivity index (χ1v) is 11.4. The van der Waals surface area contributed by atoms with Crippen molar-refractivity contribution >= 4 is 52.3 Å². The molecule has 9 heteroatoms. The summed E-state index contributed by atoms with van der Waals surface area (Å²) in [5.41, 5.74) is 1.29. The van der Waals surface area contributed by atoms with E-state index in [1.54, 1.807) is 6.07 Å². The fourth-order valence-corrected chi connectivity index (χ4v) is 4.78. The van der Waals surface area contributed by atoms with E-state index in [2.05, 4.69) is 37.6 Å². The molecule has 1 saturated carbocycles. The Kier molecular flexibility index (Phi) is 6.93. The van der Waals surface area contributed by atoms with Crippen LogP contribution in [-0.4, -0.2) is 47.9 Å². The van der Waals surface area contributed by atoms with E-state index in [0.717, 1.165) is 43.3 Å². The highest BCUT2D eigenvalue weighted by Gasteiger charge is 2.35. The number of anilines is 2. The second-order valence-electron chi connectivity index (χ2n) is 7.78. The van der Waals surface area contributed by atoms with Crippen LogP contribution in [0.5, 0.6) is 0 Å². The second kappa shape index (κ2) is 9.64. The molecule has 0 radical (unpaired) electrons. The van der Waals surface area contributed by atoms with E-state index in [9.17, 15) is 0 Å². The van der Waals surface area contributed by atoms with Crippen molar-refractivity contribution in [1.29, 1.82) is 0 Å². The molecule has 2 aromatic rings. The van der Waals surface area contributed by atoms with Gasteiger partial charge >= 0.3 is 0 Å². The maximum Gasteiger partial charge on any atom is 0.232 e. The van der Waals surface area contributed by atoms with E-state index in [0.29, 0.717) is 29.4 Å². The molecule has 0 amide bonds. The third-order valence-corrected chi connectivity index (χ3v) is 6.50. The number of rotatable bonds is 5. The average Bonchev–Trinajstić information content (AvgIpc) is 3.23. The molecule has 1 aromatic heterocycles. The monoisotopic (exact) mass is 465 g/mol. The Hall–Kier alpha value is -1.67. The van der Waals surface area contributed by atoms with E-state index in [-0.39, 0.29) is 5.41 Å². The number of nitrogens with one attached hydrogen (secondary N) is 2. The summed E-state index contributed by atoms with van der Waals surface area (Å²) < 4.78 is 5.41. The normalized spacial score (nSPS) is 18.3. The minimum absolute atomic E-state index is 0.0325. The van der Waals surface area contributed by atoms with Gasteiger partial charge in [0.15, 0.2) is 5.11 Å². The first-order valence-electron chi connectivity index (χ1n) is 10.2. The van der Waals surface area contributed by atoms with Gasteiger partial charge < -0.3 is 20.3 Å². The van der Waals surface area contributed by atoms with Gasteiger partial charge in [-0.05, 0) is 42.8 Å². The van der Waals surface area contributed by atoms with Crippen LogP contribution in [0.4, 0.5) is 11.8 Å². The first kappa shape index (κ1) is 21.6. The zero-order valence-corrected chi connectivity index (χ0v) is 19.0. The lowest BCUT2D eigenvalue weighted by Crippen LogP contribution is -2.41. The largest absolute Gasteiger partial charge is 0.378 e. The van der Waals surface area contributed by atoms with Crippen LogP contribution in [0.3, 0.4) is 0 Å². The van der Waals surface area contributed by atoms with Crippen molar-refractivity contribution in [2.75, 3.05) is 43.1 Å². The number of nitrogens with zero attached hydrogens (tertiary/aromatic N) is 3. The van der Waals surface area contributed by atoms with Crippen molar-refractivity contribution in [3.63, 3.8) is 0 Å². The Morgan fingerprint density at radius 1 is 1.13 bits per heavy atom. The quantitative estimate of drug-likeness (QED) is 0.500. The van der Waals surface area contributed by atoms with Crippen LogP contribution in [0.25, 0.3) is 0 Å². The van der Waals surface area contributed by atoms with Crippen molar-refractivity contribution in [2.45, 2.75) is 31.1 Å². The molecule has 160 valence electrons. The minimum atomic E-state index is 0.0325. The van der Waals surface area contributed by atoms with E-state index in [1.165, 1.54) is 18.4 Å². The summed E-state index contributed by atoms with van der Waals surface area (Å²) in [5.74, 6) is 1.17. The number of halogens is 2. The van der Waals surface area contributed by atoms with Crippen molar-refractivity contribution in [1.82, 2.24) is 15.3 Å². The number of thiocarbonyl (C=S) groups is 1. The fraction of sp³-hybridized carbons (Fsp3) is 0.476. The van der Waals surface area contributed by atoms with Gasteiger partial charge in [-0.1, -0.05) is 48.2 Å². The number of morpholine rings is 1. The smallest absolute Gasteiger partial charge is 0.232 e. The summed E-state index contributed by atoms with van der Waals surface area (Å²) in [7, 11) is 0. The predicted octanol–water partition coefficient (Wildman–Crippen LogP) is 4.42. The molecule has 30 heavy (non-hydrogen) atoms. The highest BCUT2D eigenvalue weighted by atomic mass is 35.5. The Balaban J connectivity index is 1.42. The Morgan fingerprint density at radius 3 is 2.63 bits per heavy atom. The summed E-state index contributed by atoms with van der Waals surface area (Å²) in [6.45, 7) is 3.64. The van der Waals surface area contributed by atoms with E-state index in [4.69, 9.17) is 40.2 Å². The average molecular weight is 466 g/mol. The van der Waals surface area contributed by atoms with Crippen LogP contribution in [0, 0.1) is 0 Å². The molecule has 0 unspecified atom stereocenters. The zero-order valence-electron chi connectivity index (χ0n) is 16.7. The summed E-state index contributed by atoms with van der Waals surface area (Å²) in [6, 6.07) is 9.92. The van der Waals surface area contributed by atoms with Gasteiger partial charge in [-0.3, -0.25) is 0 Å². The molecule has 0 atom stereocenters. The molecular weight excluding hydrogens is 441 g/mol. The van der Waals surface area contributed by atoms with Gasteiger partial charge in [-0.2, -0.15) is 4.98 Å². The van der Waals surface area contributed by atoms with Gasteiger partial charge in [0.05, 0.1) is 13.2 Å². The summed E-state index contributed by atoms with van der Waals surface area (Å²) in [5, 5.41) is 8.10. The molecule has 2 aliphatic rings. The van der Waals surface area contributed by atoms with Crippen LogP contribution in [-0.2, 0) is 10.2 Å². The highest BCUT2D eigenvalue weighted by molar-refractivity contribution is 7.80. The van der Waals surface area contributed by atoms with E-state index < -0.39 is 0 Å². The third-order valence-electron chi connectivity index (χ3n) is 5.83. The second-order valence-corrected chi connectivity index (χ2v) is 9.01. The lowest BCUT2D eigenvalue weighted by atomic mass is 9.79. The van der Waals surface area contributed by atoms with Crippen molar-refractivity contribution in [3.05, 3.63) is 46.1 Å². The number of hydrogen-bond donors (Lipinski definition) is 2. The van der Waals surface area contributed by atoms with Gasteiger partial charge in [-0.25, -0.2) is 4.98 Å². The van der Waals surface area contributed by atoms with Gasteiger partial charge in [0.25, 0.3) is 0 Å². The molecule has 0 bridgehead atoms. The topological polar surface area (TPSA) is 62.3 Å². The van der Waals surface area contributed by atoms with E-state index >= 15 is 0 Å². The molecule has 2 heterocycles. The van der Waals surface area contributed by atoms with Crippen molar-refractivity contribution < 1.29 is 4.74 Å². The molecule has 2 fully saturated rings. The minimum Gasteiger partial charge on any atom is -0.378 e. The maximum absolute atomic E-state index is 6.25. The summed E-state index contributed by atoms with van der Waals surface area (Å²) >= 11 is 18.0. The molecule has 1 aromatic carbocycles. The molecule has 1 saturated heterocycles. The van der Waals surface area contributed by atoms with Gasteiger partial charge in [0.2, 0.25) is 5.95 Å². The number of aromatic nitrogens is 2. The molecule has 6 nitrogen and oxygen atoms in total. The molecule has 1 aliphatic heterocycles. The SMILES string of the molecule is S=C(NCC1(c2cccc(Cl)c2)CCCC1)Nc1nc(Cl)cc(N2CCOCC2)n1. The molecule has 1 aliphatic carbocycles. The molecular formula is C21H25Cl2N5OS. The number of hydrogen-bond acceptors (Lipinski definition) is 5. The van der Waals surface area contributed by atoms with Gasteiger partial charge in [0, 0.05) is 36.1 Å². The fourth-order valence-electron chi connectivity index (χ4n) is 4.25.